The summed E-state index contributed by atoms with van der Waals surface area (Å²) in [6, 6.07) is 18.3. The number of methoxy groups -OCH3 is 1. The third-order valence-electron chi connectivity index (χ3n) is 6.03. The molecule has 5 rings (SSSR count). The minimum absolute atomic E-state index is 0.124. The van der Waals surface area contributed by atoms with Gasteiger partial charge in [0, 0.05) is 37.4 Å². The van der Waals surface area contributed by atoms with Crippen LogP contribution in [0.25, 0.3) is 16.9 Å². The molecule has 34 heavy (non-hydrogen) atoms. The van der Waals surface area contributed by atoms with E-state index in [-0.39, 0.29) is 22.8 Å². The standard InChI is InChI=1S/C25H23F2N5O2/c1-34-19-9-7-17(8-10-19)21-15-22(23(26)27)32-24(29-21)20(16-28-32)25(33)31-13-11-30(12-14-31)18-5-3-2-4-6-18/h2-10,15-16,23H,11-14H2,1H3. The number of hydrogen-bond acceptors (Lipinski definition) is 5. The van der Waals surface area contributed by atoms with Crippen LogP contribution in [0, 0.1) is 0 Å². The number of benzene rings is 2. The number of nitrogens with zero attached hydrogens (tertiary/aromatic N) is 5. The molecule has 1 amide bonds. The van der Waals surface area contributed by atoms with E-state index in [2.05, 4.69) is 15.0 Å². The number of halogens is 2. The lowest BCUT2D eigenvalue weighted by Crippen LogP contribution is -2.48. The Morgan fingerprint density at radius 3 is 2.35 bits per heavy atom. The van der Waals surface area contributed by atoms with Gasteiger partial charge in [0.05, 0.1) is 19.0 Å². The molecule has 1 saturated heterocycles. The van der Waals surface area contributed by atoms with Gasteiger partial charge in [0.15, 0.2) is 5.65 Å². The molecule has 2 aromatic heterocycles. The van der Waals surface area contributed by atoms with Crippen LogP contribution in [0.4, 0.5) is 14.5 Å². The molecule has 0 aliphatic carbocycles. The van der Waals surface area contributed by atoms with E-state index in [0.717, 1.165) is 10.2 Å². The number of amides is 1. The fourth-order valence-electron chi connectivity index (χ4n) is 4.18. The van der Waals surface area contributed by atoms with Gasteiger partial charge in [-0.3, -0.25) is 4.79 Å². The number of alkyl halides is 2. The van der Waals surface area contributed by atoms with Gasteiger partial charge in [-0.25, -0.2) is 18.3 Å². The van der Waals surface area contributed by atoms with Crippen molar-refractivity contribution >= 4 is 17.2 Å². The number of carbonyl (C=O) groups is 1. The zero-order valence-electron chi connectivity index (χ0n) is 18.6. The third-order valence-corrected chi connectivity index (χ3v) is 6.03. The first-order valence-electron chi connectivity index (χ1n) is 11.0. The number of carbonyl (C=O) groups excluding carboxylic acids is 1. The number of piperazine rings is 1. The van der Waals surface area contributed by atoms with Gasteiger partial charge in [0.25, 0.3) is 12.3 Å². The first-order chi connectivity index (χ1) is 16.5. The quantitative estimate of drug-likeness (QED) is 0.442. The Morgan fingerprint density at radius 1 is 1.00 bits per heavy atom. The summed E-state index contributed by atoms with van der Waals surface area (Å²) in [6.07, 6.45) is -1.45. The van der Waals surface area contributed by atoms with Crippen LogP contribution >= 0.6 is 0 Å². The van der Waals surface area contributed by atoms with Crippen molar-refractivity contribution < 1.29 is 18.3 Å². The highest BCUT2D eigenvalue weighted by molar-refractivity contribution is 6.00. The Bertz CT molecular complexity index is 1300. The summed E-state index contributed by atoms with van der Waals surface area (Å²) in [7, 11) is 1.55. The van der Waals surface area contributed by atoms with Crippen LogP contribution in [-0.2, 0) is 0 Å². The number of aromatic nitrogens is 3. The van der Waals surface area contributed by atoms with Gasteiger partial charge >= 0.3 is 0 Å². The molecular formula is C25H23F2N5O2. The van der Waals surface area contributed by atoms with Gasteiger partial charge in [-0.2, -0.15) is 5.10 Å². The Morgan fingerprint density at radius 2 is 1.71 bits per heavy atom. The Kier molecular flexibility index (Phi) is 5.83. The van der Waals surface area contributed by atoms with Crippen LogP contribution < -0.4 is 9.64 Å². The zero-order valence-corrected chi connectivity index (χ0v) is 18.6. The minimum atomic E-state index is -2.78. The smallest absolute Gasteiger partial charge is 0.280 e. The summed E-state index contributed by atoms with van der Waals surface area (Å²) < 4.78 is 34.0. The number of anilines is 1. The lowest BCUT2D eigenvalue weighted by atomic mass is 10.1. The summed E-state index contributed by atoms with van der Waals surface area (Å²) in [6.45, 7) is 2.40. The summed E-state index contributed by atoms with van der Waals surface area (Å²) in [4.78, 5) is 21.8. The summed E-state index contributed by atoms with van der Waals surface area (Å²) in [5.41, 5.74) is 2.11. The third kappa shape index (κ3) is 4.05. The number of hydrogen-bond donors (Lipinski definition) is 0. The maximum Gasteiger partial charge on any atom is 0.280 e. The Labute approximate surface area is 195 Å². The van der Waals surface area contributed by atoms with Crippen LogP contribution in [0.2, 0.25) is 0 Å². The van der Waals surface area contributed by atoms with Gasteiger partial charge in [0.1, 0.15) is 17.0 Å². The molecule has 0 atom stereocenters. The highest BCUT2D eigenvalue weighted by atomic mass is 19.3. The molecule has 1 aliphatic rings. The summed E-state index contributed by atoms with van der Waals surface area (Å²) in [5.74, 6) is 0.385. The summed E-state index contributed by atoms with van der Waals surface area (Å²) >= 11 is 0. The number of para-hydroxylation sites is 1. The van der Waals surface area contributed by atoms with Crippen molar-refractivity contribution in [3.8, 4) is 17.0 Å². The van der Waals surface area contributed by atoms with Crippen molar-refractivity contribution in [2.45, 2.75) is 6.43 Å². The van der Waals surface area contributed by atoms with Crippen LogP contribution in [0.1, 0.15) is 22.5 Å². The molecule has 4 aromatic rings. The SMILES string of the molecule is COc1ccc(-c2cc(C(F)F)n3ncc(C(=O)N4CCN(c5ccccc5)CC4)c3n2)cc1. The predicted octanol–water partition coefficient (Wildman–Crippen LogP) is 4.30. The maximum atomic E-state index is 13.9. The van der Waals surface area contributed by atoms with Crippen LogP contribution in [-0.4, -0.2) is 58.7 Å². The predicted molar refractivity (Wildman–Crippen MR) is 124 cm³/mol. The monoisotopic (exact) mass is 463 g/mol. The molecule has 3 heterocycles. The molecule has 1 aliphatic heterocycles. The second-order valence-electron chi connectivity index (χ2n) is 8.00. The molecule has 0 saturated carbocycles. The van der Waals surface area contributed by atoms with Crippen molar-refractivity contribution in [1.29, 1.82) is 0 Å². The molecule has 0 unspecified atom stereocenters. The van der Waals surface area contributed by atoms with Gasteiger partial charge < -0.3 is 14.5 Å². The van der Waals surface area contributed by atoms with Gasteiger partial charge in [-0.05, 0) is 42.5 Å². The Balaban J connectivity index is 1.45. The van der Waals surface area contributed by atoms with Crippen molar-refractivity contribution in [2.75, 3.05) is 38.2 Å². The van der Waals surface area contributed by atoms with E-state index in [1.54, 1.807) is 36.3 Å². The minimum Gasteiger partial charge on any atom is -0.497 e. The number of ether oxygens (including phenoxy) is 1. The van der Waals surface area contributed by atoms with E-state index in [1.165, 1.54) is 12.3 Å². The second kappa shape index (κ2) is 9.09. The molecule has 0 radical (unpaired) electrons. The first-order valence-corrected chi connectivity index (χ1v) is 11.0. The fraction of sp³-hybridized carbons (Fsp3) is 0.240. The van der Waals surface area contributed by atoms with Crippen molar-refractivity contribution in [1.82, 2.24) is 19.5 Å². The van der Waals surface area contributed by atoms with E-state index >= 15 is 0 Å². The lowest BCUT2D eigenvalue weighted by molar-refractivity contribution is 0.0748. The highest BCUT2D eigenvalue weighted by Gasteiger charge is 2.27. The molecule has 1 fully saturated rings. The van der Waals surface area contributed by atoms with Crippen LogP contribution in [0.3, 0.4) is 0 Å². The van der Waals surface area contributed by atoms with Crippen LogP contribution in [0.5, 0.6) is 5.75 Å². The number of fused-ring (bicyclic) bond motifs is 1. The lowest BCUT2D eigenvalue weighted by Gasteiger charge is -2.36. The van der Waals surface area contributed by atoms with E-state index in [9.17, 15) is 13.6 Å². The highest BCUT2D eigenvalue weighted by Crippen LogP contribution is 2.28. The van der Waals surface area contributed by atoms with Crippen molar-refractivity contribution in [3.63, 3.8) is 0 Å². The maximum absolute atomic E-state index is 13.9. The second-order valence-corrected chi connectivity index (χ2v) is 8.00. The molecule has 0 spiro atoms. The molecule has 0 bridgehead atoms. The molecule has 9 heteroatoms. The van der Waals surface area contributed by atoms with Crippen molar-refractivity contribution in [2.24, 2.45) is 0 Å². The average molecular weight is 463 g/mol. The van der Waals surface area contributed by atoms with E-state index < -0.39 is 6.43 Å². The molecular weight excluding hydrogens is 440 g/mol. The Hall–Kier alpha value is -4.01. The van der Waals surface area contributed by atoms with E-state index in [0.29, 0.717) is 43.2 Å². The average Bonchev–Trinajstić information content (AvgIpc) is 3.32. The molecule has 0 N–H and O–H groups in total. The largest absolute Gasteiger partial charge is 0.497 e. The van der Waals surface area contributed by atoms with Crippen LogP contribution in [0.15, 0.2) is 66.9 Å². The van der Waals surface area contributed by atoms with Crippen molar-refractivity contribution in [3.05, 3.63) is 78.1 Å². The topological polar surface area (TPSA) is 63.0 Å². The normalized spacial score (nSPS) is 14.1. The summed E-state index contributed by atoms with van der Waals surface area (Å²) in [5, 5.41) is 4.08. The fourth-order valence-corrected chi connectivity index (χ4v) is 4.18. The molecule has 7 nitrogen and oxygen atoms in total. The van der Waals surface area contributed by atoms with Gasteiger partial charge in [0.2, 0.25) is 0 Å². The van der Waals surface area contributed by atoms with E-state index in [1.807, 2.05) is 30.3 Å². The zero-order chi connectivity index (χ0) is 23.7. The van der Waals surface area contributed by atoms with Gasteiger partial charge in [-0.15, -0.1) is 0 Å². The first kappa shape index (κ1) is 21.8. The van der Waals surface area contributed by atoms with E-state index in [4.69, 9.17) is 4.74 Å². The van der Waals surface area contributed by atoms with Gasteiger partial charge in [-0.1, -0.05) is 18.2 Å². The number of rotatable bonds is 5. The molecule has 174 valence electrons. The molecule has 2 aromatic carbocycles.